The van der Waals surface area contributed by atoms with Gasteiger partial charge in [0, 0.05) is 10.2 Å². The molecule has 2 rings (SSSR count). The first kappa shape index (κ1) is 17.8. The Morgan fingerprint density at radius 1 is 1.17 bits per heavy atom. The molecule has 0 radical (unpaired) electrons. The topological polar surface area (TPSA) is 33.3 Å². The van der Waals surface area contributed by atoms with Crippen molar-refractivity contribution < 1.29 is 4.74 Å². The number of aryl methyl sites for hydroxylation is 2. The molecule has 0 aromatic heterocycles. The van der Waals surface area contributed by atoms with Crippen LogP contribution in [-0.4, -0.2) is 17.8 Å². The van der Waals surface area contributed by atoms with Crippen LogP contribution in [0.15, 0.2) is 46.9 Å². The summed E-state index contributed by atoms with van der Waals surface area (Å²) in [5.74, 6) is 0.906. The second-order valence-electron chi connectivity index (χ2n) is 5.54. The van der Waals surface area contributed by atoms with Gasteiger partial charge in [0.1, 0.15) is 12.4 Å². The van der Waals surface area contributed by atoms with Crippen LogP contribution < -0.4 is 15.4 Å². The Morgan fingerprint density at radius 3 is 2.61 bits per heavy atom. The molecule has 0 saturated heterocycles. The molecule has 3 nitrogen and oxygen atoms in total. The van der Waals surface area contributed by atoms with Crippen molar-refractivity contribution in [3.05, 3.63) is 58.1 Å². The van der Waals surface area contributed by atoms with E-state index in [1.54, 1.807) is 0 Å². The lowest BCUT2D eigenvalue weighted by molar-refractivity contribution is 0.285. The van der Waals surface area contributed by atoms with E-state index in [-0.39, 0.29) is 6.04 Å². The summed E-state index contributed by atoms with van der Waals surface area (Å²) in [6.45, 7) is 6.67. The molecule has 1 atom stereocenters. The fraction of sp³-hybridized carbons (Fsp3) is 0.278. The van der Waals surface area contributed by atoms with E-state index in [0.29, 0.717) is 11.7 Å². The van der Waals surface area contributed by atoms with Crippen molar-refractivity contribution in [3.8, 4) is 5.75 Å². The number of halogens is 1. The van der Waals surface area contributed by atoms with Crippen molar-refractivity contribution in [2.24, 2.45) is 0 Å². The Bertz CT molecular complexity index is 690. The van der Waals surface area contributed by atoms with Crippen molar-refractivity contribution >= 4 is 38.9 Å². The van der Waals surface area contributed by atoms with Crippen LogP contribution in [0.25, 0.3) is 0 Å². The predicted molar refractivity (Wildman–Crippen MR) is 104 cm³/mol. The van der Waals surface area contributed by atoms with Crippen molar-refractivity contribution in [1.82, 2.24) is 5.32 Å². The van der Waals surface area contributed by atoms with Gasteiger partial charge in [0.2, 0.25) is 0 Å². The van der Waals surface area contributed by atoms with E-state index in [4.69, 9.17) is 17.0 Å². The predicted octanol–water partition coefficient (Wildman–Crippen LogP) is 4.82. The second-order valence-corrected chi connectivity index (χ2v) is 6.80. The van der Waals surface area contributed by atoms with Gasteiger partial charge in [-0.05, 0) is 68.4 Å². The number of ether oxygens (including phenoxy) is 1. The first-order valence-corrected chi connectivity index (χ1v) is 8.68. The standard InChI is InChI=1S/C18H21BrN2OS/c1-12-6-4-5-7-17(12)22-11-14(3)20-18(23)21-15-8-9-16(19)13(2)10-15/h4-10,14H,11H2,1-3H3,(H2,20,21,23)/t14-/m1/s1. The van der Waals surface area contributed by atoms with E-state index >= 15 is 0 Å². The molecule has 0 spiro atoms. The first-order valence-electron chi connectivity index (χ1n) is 7.48. The highest BCUT2D eigenvalue weighted by atomic mass is 79.9. The average Bonchev–Trinajstić information content (AvgIpc) is 2.50. The van der Waals surface area contributed by atoms with Gasteiger partial charge in [-0.25, -0.2) is 0 Å². The fourth-order valence-electron chi connectivity index (χ4n) is 2.09. The molecule has 5 heteroatoms. The van der Waals surface area contributed by atoms with Crippen LogP contribution in [0.4, 0.5) is 5.69 Å². The minimum absolute atomic E-state index is 0.103. The lowest BCUT2D eigenvalue weighted by atomic mass is 10.2. The van der Waals surface area contributed by atoms with Crippen molar-refractivity contribution in [1.29, 1.82) is 0 Å². The Balaban J connectivity index is 1.82. The van der Waals surface area contributed by atoms with Gasteiger partial charge in [-0.1, -0.05) is 34.1 Å². The molecule has 0 heterocycles. The zero-order chi connectivity index (χ0) is 16.8. The van der Waals surface area contributed by atoms with Crippen LogP contribution in [0.2, 0.25) is 0 Å². The molecule has 0 fully saturated rings. The van der Waals surface area contributed by atoms with Crippen LogP contribution in [0, 0.1) is 13.8 Å². The lowest BCUT2D eigenvalue weighted by Crippen LogP contribution is -2.39. The van der Waals surface area contributed by atoms with Gasteiger partial charge in [-0.2, -0.15) is 0 Å². The number of thiocarbonyl (C=S) groups is 1. The van der Waals surface area contributed by atoms with Crippen LogP contribution in [0.1, 0.15) is 18.1 Å². The number of anilines is 1. The highest BCUT2D eigenvalue weighted by Crippen LogP contribution is 2.20. The zero-order valence-corrected chi connectivity index (χ0v) is 15.9. The Kier molecular flexibility index (Phi) is 6.42. The molecular formula is C18H21BrN2OS. The summed E-state index contributed by atoms with van der Waals surface area (Å²) in [5, 5.41) is 7.02. The number of nitrogens with one attached hydrogen (secondary N) is 2. The molecule has 0 amide bonds. The van der Waals surface area contributed by atoms with Gasteiger partial charge in [0.05, 0.1) is 6.04 Å². The lowest BCUT2D eigenvalue weighted by Gasteiger charge is -2.18. The number of hydrogen-bond donors (Lipinski definition) is 2. The van der Waals surface area contributed by atoms with E-state index in [9.17, 15) is 0 Å². The van der Waals surface area contributed by atoms with E-state index in [2.05, 4.69) is 26.6 Å². The molecule has 2 aromatic rings. The third-order valence-corrected chi connectivity index (χ3v) is 4.49. The minimum atomic E-state index is 0.103. The van der Waals surface area contributed by atoms with Gasteiger partial charge in [0.15, 0.2) is 5.11 Å². The summed E-state index contributed by atoms with van der Waals surface area (Å²) >= 11 is 8.85. The third kappa shape index (κ3) is 5.52. The monoisotopic (exact) mass is 392 g/mol. The van der Waals surface area contributed by atoms with Crippen LogP contribution >= 0.6 is 28.1 Å². The quantitative estimate of drug-likeness (QED) is 0.714. The summed E-state index contributed by atoms with van der Waals surface area (Å²) < 4.78 is 6.91. The Morgan fingerprint density at radius 2 is 1.91 bits per heavy atom. The third-order valence-electron chi connectivity index (χ3n) is 3.38. The summed E-state index contributed by atoms with van der Waals surface area (Å²) in [5.41, 5.74) is 3.26. The van der Waals surface area contributed by atoms with E-state index in [1.807, 2.05) is 63.2 Å². The van der Waals surface area contributed by atoms with Gasteiger partial charge in [-0.3, -0.25) is 0 Å². The Hall–Kier alpha value is -1.59. The maximum Gasteiger partial charge on any atom is 0.171 e. The number of rotatable bonds is 5. The fourth-order valence-corrected chi connectivity index (χ4v) is 2.65. The minimum Gasteiger partial charge on any atom is -0.491 e. The van der Waals surface area contributed by atoms with Crippen molar-refractivity contribution in [2.75, 3.05) is 11.9 Å². The molecule has 0 aliphatic heterocycles. The highest BCUT2D eigenvalue weighted by Gasteiger charge is 2.07. The van der Waals surface area contributed by atoms with Gasteiger partial charge in [0.25, 0.3) is 0 Å². The normalized spacial score (nSPS) is 11.7. The van der Waals surface area contributed by atoms with Crippen molar-refractivity contribution in [3.63, 3.8) is 0 Å². The number of hydrogen-bond acceptors (Lipinski definition) is 2. The smallest absolute Gasteiger partial charge is 0.171 e. The molecule has 0 aliphatic rings. The summed E-state index contributed by atoms with van der Waals surface area (Å²) in [6.07, 6.45) is 0. The summed E-state index contributed by atoms with van der Waals surface area (Å²) in [4.78, 5) is 0. The molecule has 2 N–H and O–H groups in total. The number of para-hydroxylation sites is 1. The molecule has 0 aliphatic carbocycles. The molecule has 0 unspecified atom stereocenters. The average molecular weight is 393 g/mol. The highest BCUT2D eigenvalue weighted by molar-refractivity contribution is 9.10. The van der Waals surface area contributed by atoms with Crippen LogP contribution in [0.5, 0.6) is 5.75 Å². The molecule has 23 heavy (non-hydrogen) atoms. The van der Waals surface area contributed by atoms with Crippen LogP contribution in [0.3, 0.4) is 0 Å². The van der Waals surface area contributed by atoms with Crippen LogP contribution in [-0.2, 0) is 0 Å². The summed E-state index contributed by atoms with van der Waals surface area (Å²) in [6, 6.07) is 14.1. The molecule has 2 aromatic carbocycles. The molecule has 0 saturated carbocycles. The van der Waals surface area contributed by atoms with E-state index in [0.717, 1.165) is 27.0 Å². The van der Waals surface area contributed by atoms with Gasteiger partial charge < -0.3 is 15.4 Å². The van der Waals surface area contributed by atoms with E-state index < -0.39 is 0 Å². The van der Waals surface area contributed by atoms with Gasteiger partial charge in [-0.15, -0.1) is 0 Å². The molecule has 122 valence electrons. The molecular weight excluding hydrogens is 372 g/mol. The number of benzene rings is 2. The summed E-state index contributed by atoms with van der Waals surface area (Å²) in [7, 11) is 0. The Labute approximate surface area is 151 Å². The molecule has 0 bridgehead atoms. The second kappa shape index (κ2) is 8.31. The maximum atomic E-state index is 5.83. The first-order chi connectivity index (χ1) is 11.0. The zero-order valence-electron chi connectivity index (χ0n) is 13.5. The van der Waals surface area contributed by atoms with E-state index in [1.165, 1.54) is 0 Å². The van der Waals surface area contributed by atoms with Gasteiger partial charge >= 0.3 is 0 Å². The SMILES string of the molecule is Cc1cc(NC(=S)N[C@H](C)COc2ccccc2C)ccc1Br. The maximum absolute atomic E-state index is 5.83. The van der Waals surface area contributed by atoms with Crippen molar-refractivity contribution in [2.45, 2.75) is 26.8 Å². The largest absolute Gasteiger partial charge is 0.491 e.